The molecule has 0 amide bonds. The molecule has 3 aromatic rings. The van der Waals surface area contributed by atoms with Gasteiger partial charge in [-0.2, -0.15) is 13.2 Å². The number of benzene rings is 1. The minimum absolute atomic E-state index is 0.329. The zero-order valence-electron chi connectivity index (χ0n) is 15.9. The minimum atomic E-state index is -4.39. The number of anilines is 1. The van der Waals surface area contributed by atoms with Crippen LogP contribution in [0.2, 0.25) is 0 Å². The molecule has 1 fully saturated rings. The van der Waals surface area contributed by atoms with Crippen molar-refractivity contribution in [2.75, 3.05) is 31.1 Å². The number of nitrogens with zero attached hydrogens (tertiary/aromatic N) is 5. The van der Waals surface area contributed by atoms with Crippen molar-refractivity contribution < 1.29 is 22.0 Å². The summed E-state index contributed by atoms with van der Waals surface area (Å²) in [6.45, 7) is 3.24. The van der Waals surface area contributed by atoms with Gasteiger partial charge in [0.05, 0.1) is 12.1 Å². The second-order valence-corrected chi connectivity index (χ2v) is 7.03. The summed E-state index contributed by atoms with van der Waals surface area (Å²) in [6.07, 6.45) is -2.70. The highest BCUT2D eigenvalue weighted by molar-refractivity contribution is 5.51. The normalized spacial score (nSPS) is 15.9. The van der Waals surface area contributed by atoms with Gasteiger partial charge in [-0.3, -0.25) is 4.90 Å². The van der Waals surface area contributed by atoms with Gasteiger partial charge in [0.25, 0.3) is 0 Å². The van der Waals surface area contributed by atoms with Crippen LogP contribution in [0.15, 0.2) is 47.0 Å². The Hall–Kier alpha value is -3.01. The van der Waals surface area contributed by atoms with Crippen molar-refractivity contribution in [1.29, 1.82) is 0 Å². The lowest BCUT2D eigenvalue weighted by atomic mass is 10.2. The van der Waals surface area contributed by atoms with Crippen molar-refractivity contribution in [2.45, 2.75) is 19.1 Å². The van der Waals surface area contributed by atoms with Crippen LogP contribution in [0.25, 0.3) is 11.5 Å². The number of hydrogen-bond donors (Lipinski definition) is 0. The molecule has 30 heavy (non-hydrogen) atoms. The summed E-state index contributed by atoms with van der Waals surface area (Å²) in [5, 5.41) is 8.08. The van der Waals surface area contributed by atoms with Crippen LogP contribution in [0.1, 0.15) is 17.9 Å². The lowest BCUT2D eigenvalue weighted by molar-refractivity contribution is -0.137. The van der Waals surface area contributed by atoms with E-state index in [0.29, 0.717) is 49.3 Å². The van der Waals surface area contributed by atoms with Crippen LogP contribution >= 0.6 is 0 Å². The first-order valence-corrected chi connectivity index (χ1v) is 9.47. The number of alkyl halides is 3. The molecule has 4 rings (SSSR count). The van der Waals surface area contributed by atoms with Crippen LogP contribution < -0.4 is 4.90 Å². The van der Waals surface area contributed by atoms with Crippen molar-refractivity contribution >= 4 is 5.82 Å². The first-order chi connectivity index (χ1) is 14.4. The Morgan fingerprint density at radius 1 is 0.933 bits per heavy atom. The maximum Gasteiger partial charge on any atom is 0.417 e. The van der Waals surface area contributed by atoms with Crippen LogP contribution in [0, 0.1) is 5.82 Å². The SMILES string of the molecule is Fc1ccc(-c2nnc(CN3CCCN(c4ccc(C(F)(F)F)cn4)CC3)o2)cc1. The maximum absolute atomic E-state index is 13.0. The maximum atomic E-state index is 13.0. The molecule has 0 saturated carbocycles. The number of pyridine rings is 1. The van der Waals surface area contributed by atoms with Gasteiger partial charge in [0.2, 0.25) is 11.8 Å². The minimum Gasteiger partial charge on any atom is -0.419 e. The summed E-state index contributed by atoms with van der Waals surface area (Å²) in [4.78, 5) is 8.10. The number of halogens is 4. The number of hydrogen-bond acceptors (Lipinski definition) is 6. The van der Waals surface area contributed by atoms with Crippen LogP contribution in [0.3, 0.4) is 0 Å². The highest BCUT2D eigenvalue weighted by atomic mass is 19.4. The third-order valence-electron chi connectivity index (χ3n) is 4.90. The Labute approximate surface area is 170 Å². The highest BCUT2D eigenvalue weighted by Crippen LogP contribution is 2.29. The lowest BCUT2D eigenvalue weighted by Crippen LogP contribution is -2.31. The van der Waals surface area contributed by atoms with E-state index in [-0.39, 0.29) is 5.82 Å². The van der Waals surface area contributed by atoms with Crippen LogP contribution in [-0.4, -0.2) is 46.3 Å². The third kappa shape index (κ3) is 4.76. The third-order valence-corrected chi connectivity index (χ3v) is 4.90. The van der Waals surface area contributed by atoms with Gasteiger partial charge < -0.3 is 9.32 Å². The van der Waals surface area contributed by atoms with Gasteiger partial charge >= 0.3 is 6.18 Å². The highest BCUT2D eigenvalue weighted by Gasteiger charge is 2.31. The molecule has 1 aliphatic rings. The zero-order chi connectivity index (χ0) is 21.1. The molecule has 2 aromatic heterocycles. The largest absolute Gasteiger partial charge is 0.419 e. The van der Waals surface area contributed by atoms with E-state index < -0.39 is 11.7 Å². The Bertz CT molecular complexity index is 972. The van der Waals surface area contributed by atoms with Crippen molar-refractivity contribution in [3.8, 4) is 11.5 Å². The van der Waals surface area contributed by atoms with E-state index in [9.17, 15) is 17.6 Å². The van der Waals surface area contributed by atoms with E-state index >= 15 is 0 Å². The molecule has 3 heterocycles. The Morgan fingerprint density at radius 3 is 2.43 bits per heavy atom. The molecule has 0 bridgehead atoms. The van der Waals surface area contributed by atoms with E-state index in [1.165, 1.54) is 18.2 Å². The molecule has 0 spiro atoms. The smallest absolute Gasteiger partial charge is 0.417 e. The Balaban J connectivity index is 1.36. The molecule has 0 unspecified atom stereocenters. The average Bonchev–Trinajstić information content (AvgIpc) is 3.06. The molecular formula is C20H19F4N5O. The topological polar surface area (TPSA) is 58.3 Å². The standard InChI is InChI=1S/C20H19F4N5O/c21-16-5-2-14(3-6-16)19-27-26-18(30-19)13-28-8-1-9-29(11-10-28)17-7-4-15(12-25-17)20(22,23)24/h2-7,12H,1,8-11,13H2. The second-order valence-electron chi connectivity index (χ2n) is 7.03. The summed E-state index contributed by atoms with van der Waals surface area (Å²) in [5.41, 5.74) is -0.110. The number of aromatic nitrogens is 3. The van der Waals surface area contributed by atoms with E-state index in [2.05, 4.69) is 20.1 Å². The zero-order valence-corrected chi connectivity index (χ0v) is 15.9. The Kier molecular flexibility index (Phi) is 5.67. The van der Waals surface area contributed by atoms with Gasteiger partial charge in [-0.15, -0.1) is 10.2 Å². The fourth-order valence-corrected chi connectivity index (χ4v) is 3.32. The van der Waals surface area contributed by atoms with E-state index in [1.54, 1.807) is 12.1 Å². The van der Waals surface area contributed by atoms with Crippen molar-refractivity contribution in [3.05, 3.63) is 59.9 Å². The van der Waals surface area contributed by atoms with Gasteiger partial charge in [0, 0.05) is 37.9 Å². The van der Waals surface area contributed by atoms with E-state index in [0.717, 1.165) is 25.2 Å². The fraction of sp³-hybridized carbons (Fsp3) is 0.350. The predicted octanol–water partition coefficient (Wildman–Crippen LogP) is 4.00. The first kappa shape index (κ1) is 20.3. The summed E-state index contributed by atoms with van der Waals surface area (Å²) in [7, 11) is 0. The molecule has 0 atom stereocenters. The van der Waals surface area contributed by atoms with Gasteiger partial charge in [-0.05, 0) is 42.8 Å². The van der Waals surface area contributed by atoms with Crippen molar-refractivity contribution in [2.24, 2.45) is 0 Å². The monoisotopic (exact) mass is 421 g/mol. The van der Waals surface area contributed by atoms with Crippen LogP contribution in [0.5, 0.6) is 0 Å². The molecule has 1 saturated heterocycles. The second kappa shape index (κ2) is 8.39. The molecule has 0 aliphatic carbocycles. The summed E-state index contributed by atoms with van der Waals surface area (Å²) in [6, 6.07) is 8.28. The first-order valence-electron chi connectivity index (χ1n) is 9.47. The van der Waals surface area contributed by atoms with Gasteiger partial charge in [0.15, 0.2) is 0 Å². The summed E-state index contributed by atoms with van der Waals surface area (Å²) >= 11 is 0. The molecule has 10 heteroatoms. The molecule has 158 valence electrons. The van der Waals surface area contributed by atoms with E-state index in [4.69, 9.17) is 4.42 Å². The summed E-state index contributed by atoms with van der Waals surface area (Å²) < 4.78 is 56.9. The molecule has 1 aliphatic heterocycles. The summed E-state index contributed by atoms with van der Waals surface area (Å²) in [5.74, 6) is 0.974. The number of rotatable bonds is 4. The average molecular weight is 421 g/mol. The van der Waals surface area contributed by atoms with Crippen LogP contribution in [-0.2, 0) is 12.7 Å². The molecule has 1 aromatic carbocycles. The predicted molar refractivity (Wildman–Crippen MR) is 101 cm³/mol. The Morgan fingerprint density at radius 2 is 1.73 bits per heavy atom. The van der Waals surface area contributed by atoms with Gasteiger partial charge in [0.1, 0.15) is 11.6 Å². The lowest BCUT2D eigenvalue weighted by Gasteiger charge is -2.22. The molecule has 0 N–H and O–H groups in total. The fourth-order valence-electron chi connectivity index (χ4n) is 3.32. The van der Waals surface area contributed by atoms with Crippen molar-refractivity contribution in [1.82, 2.24) is 20.1 Å². The molecule has 6 nitrogen and oxygen atoms in total. The molecular weight excluding hydrogens is 402 g/mol. The van der Waals surface area contributed by atoms with E-state index in [1.807, 2.05) is 4.90 Å². The van der Waals surface area contributed by atoms with Crippen LogP contribution in [0.4, 0.5) is 23.4 Å². The van der Waals surface area contributed by atoms with Gasteiger partial charge in [-0.1, -0.05) is 0 Å². The molecule has 0 radical (unpaired) electrons. The van der Waals surface area contributed by atoms with Gasteiger partial charge in [-0.25, -0.2) is 9.37 Å². The quantitative estimate of drug-likeness (QED) is 0.594. The van der Waals surface area contributed by atoms with Crippen molar-refractivity contribution in [3.63, 3.8) is 0 Å².